The Hall–Kier alpha value is -3.89. The van der Waals surface area contributed by atoms with Crippen LogP contribution in [0, 0.1) is 5.92 Å². The van der Waals surface area contributed by atoms with Gasteiger partial charge in [0.1, 0.15) is 17.1 Å². The third-order valence-electron chi connectivity index (χ3n) is 7.79. The van der Waals surface area contributed by atoms with Crippen LogP contribution < -0.4 is 26.0 Å². The van der Waals surface area contributed by atoms with Crippen molar-refractivity contribution < 1.29 is 23.5 Å². The molecule has 2 aromatic carbocycles. The van der Waals surface area contributed by atoms with Crippen molar-refractivity contribution in [1.82, 2.24) is 26.2 Å². The summed E-state index contributed by atoms with van der Waals surface area (Å²) < 4.78 is 11.4. The molecule has 38 heavy (non-hydrogen) atoms. The number of nitrogens with one attached hydrogen (secondary N) is 4. The summed E-state index contributed by atoms with van der Waals surface area (Å²) in [7, 11) is 1.55. The minimum absolute atomic E-state index is 0.0646. The quantitative estimate of drug-likeness (QED) is 0.338. The first-order chi connectivity index (χ1) is 18.4. The Kier molecular flexibility index (Phi) is 6.29. The predicted molar refractivity (Wildman–Crippen MR) is 140 cm³/mol. The van der Waals surface area contributed by atoms with Crippen LogP contribution in [0.5, 0.6) is 5.75 Å². The Morgan fingerprint density at radius 2 is 1.95 bits per heavy atom. The molecule has 3 aromatic rings. The lowest BCUT2D eigenvalue weighted by Gasteiger charge is -2.29. The number of imide groups is 1. The van der Waals surface area contributed by atoms with E-state index in [1.807, 2.05) is 24.3 Å². The molecule has 4 heterocycles. The van der Waals surface area contributed by atoms with Gasteiger partial charge in [0.05, 0.1) is 13.7 Å². The smallest absolute Gasteiger partial charge is 0.322 e. The molecule has 0 aliphatic carbocycles. The van der Waals surface area contributed by atoms with E-state index in [-0.39, 0.29) is 18.2 Å². The summed E-state index contributed by atoms with van der Waals surface area (Å²) in [6.45, 7) is 4.11. The summed E-state index contributed by atoms with van der Waals surface area (Å²) in [6, 6.07) is 12.4. The molecular formula is C28H31N5O5. The van der Waals surface area contributed by atoms with E-state index in [0.29, 0.717) is 29.4 Å². The molecule has 198 valence electrons. The number of fused-ring (bicyclic) bond motifs is 2. The molecule has 0 bridgehead atoms. The number of carbonyl (C=O) groups is 3. The molecule has 2 saturated heterocycles. The van der Waals surface area contributed by atoms with Crippen molar-refractivity contribution in [2.45, 2.75) is 31.5 Å². The maximum atomic E-state index is 13.2. The first-order valence-corrected chi connectivity index (χ1v) is 13.0. The number of hydrogen-bond acceptors (Lipinski definition) is 7. The molecule has 3 aliphatic rings. The van der Waals surface area contributed by atoms with Crippen LogP contribution in [0.2, 0.25) is 0 Å². The van der Waals surface area contributed by atoms with Gasteiger partial charge in [0.2, 0.25) is 0 Å². The molecule has 0 saturated carbocycles. The highest BCUT2D eigenvalue weighted by atomic mass is 16.5. The third-order valence-corrected chi connectivity index (χ3v) is 7.79. The average Bonchev–Trinajstić information content (AvgIpc) is 3.58. The Morgan fingerprint density at radius 3 is 2.71 bits per heavy atom. The molecule has 2 fully saturated rings. The zero-order valence-corrected chi connectivity index (χ0v) is 21.3. The van der Waals surface area contributed by atoms with Crippen LogP contribution in [0.25, 0.3) is 11.0 Å². The minimum atomic E-state index is -1.54. The summed E-state index contributed by atoms with van der Waals surface area (Å²) in [4.78, 5) is 40.3. The van der Waals surface area contributed by atoms with E-state index in [1.54, 1.807) is 30.2 Å². The second-order valence-electron chi connectivity index (χ2n) is 10.3. The lowest BCUT2D eigenvalue weighted by Crippen LogP contribution is -2.52. The fourth-order valence-electron chi connectivity index (χ4n) is 5.66. The van der Waals surface area contributed by atoms with Crippen molar-refractivity contribution >= 4 is 28.8 Å². The fraction of sp³-hybridized carbons (Fsp3) is 0.393. The molecule has 1 atom stereocenters. The van der Waals surface area contributed by atoms with Gasteiger partial charge in [-0.1, -0.05) is 12.1 Å². The number of hydrogen-bond donors (Lipinski definition) is 4. The largest absolute Gasteiger partial charge is 0.497 e. The number of rotatable bonds is 8. The normalized spacial score (nSPS) is 21.6. The van der Waals surface area contributed by atoms with Crippen molar-refractivity contribution in [3.63, 3.8) is 0 Å². The second kappa shape index (κ2) is 9.77. The number of urea groups is 1. The predicted octanol–water partition coefficient (Wildman–Crippen LogP) is 2.22. The molecule has 10 nitrogen and oxygen atoms in total. The van der Waals surface area contributed by atoms with Crippen molar-refractivity contribution in [3.05, 3.63) is 64.9 Å². The van der Waals surface area contributed by atoms with Crippen LogP contribution in [-0.4, -0.2) is 56.0 Å². The first-order valence-electron chi connectivity index (χ1n) is 13.0. The average molecular weight is 518 g/mol. The van der Waals surface area contributed by atoms with Gasteiger partial charge in [0.15, 0.2) is 5.54 Å². The van der Waals surface area contributed by atoms with E-state index in [4.69, 9.17) is 9.15 Å². The molecule has 0 unspecified atom stereocenters. The number of amides is 4. The van der Waals surface area contributed by atoms with Gasteiger partial charge in [-0.3, -0.25) is 14.9 Å². The molecule has 6 rings (SSSR count). The Morgan fingerprint density at radius 1 is 1.11 bits per heavy atom. The van der Waals surface area contributed by atoms with E-state index < -0.39 is 17.5 Å². The van der Waals surface area contributed by atoms with E-state index >= 15 is 0 Å². The molecule has 0 radical (unpaired) electrons. The van der Waals surface area contributed by atoms with Crippen LogP contribution in [0.15, 0.2) is 46.9 Å². The SMILES string of the molecule is COc1ccc2c(c1)C(=O)N(C[C@@]1(c3cc4cc(CNCC5CCNCC5)ccc4o3)NC(=O)NC1=O)C2. The molecule has 10 heteroatoms. The van der Waals surface area contributed by atoms with E-state index in [1.165, 1.54) is 12.8 Å². The lowest BCUT2D eigenvalue weighted by atomic mass is 9.95. The highest BCUT2D eigenvalue weighted by Gasteiger charge is 2.53. The second-order valence-corrected chi connectivity index (χ2v) is 10.3. The maximum Gasteiger partial charge on any atom is 0.322 e. The number of piperidine rings is 1. The zero-order chi connectivity index (χ0) is 26.3. The van der Waals surface area contributed by atoms with Crippen molar-refractivity contribution in [2.75, 3.05) is 33.3 Å². The van der Waals surface area contributed by atoms with Crippen LogP contribution in [-0.2, 0) is 23.4 Å². The summed E-state index contributed by atoms with van der Waals surface area (Å²) in [6.07, 6.45) is 2.37. The van der Waals surface area contributed by atoms with Gasteiger partial charge in [0, 0.05) is 24.0 Å². The topological polar surface area (TPSA) is 125 Å². The van der Waals surface area contributed by atoms with E-state index in [0.717, 1.165) is 42.7 Å². The highest BCUT2D eigenvalue weighted by Crippen LogP contribution is 2.35. The molecule has 0 spiro atoms. The number of nitrogens with zero attached hydrogens (tertiary/aromatic N) is 1. The monoisotopic (exact) mass is 517 g/mol. The van der Waals surface area contributed by atoms with E-state index in [9.17, 15) is 14.4 Å². The maximum absolute atomic E-state index is 13.2. The molecular weight excluding hydrogens is 486 g/mol. The standard InChI is InChI=1S/C28H31N5O5/c1-37-21-4-3-19-15-33(25(34)22(19)12-21)16-28(26(35)31-27(36)32-28)24-11-20-10-18(2-5-23(20)38-24)14-30-13-17-6-8-29-9-7-17/h2-5,10-12,17,29-30H,6-9,13-16H2,1H3,(H2,31,32,35,36)/t28-/m0/s1. The molecule has 4 amide bonds. The van der Waals surface area contributed by atoms with Gasteiger partial charge >= 0.3 is 6.03 Å². The van der Waals surface area contributed by atoms with Crippen molar-refractivity contribution in [3.8, 4) is 5.75 Å². The third kappa shape index (κ3) is 4.39. The van der Waals surface area contributed by atoms with Gasteiger partial charge in [-0.25, -0.2) is 4.79 Å². The van der Waals surface area contributed by atoms with Crippen LogP contribution >= 0.6 is 0 Å². The van der Waals surface area contributed by atoms with Crippen LogP contribution in [0.3, 0.4) is 0 Å². The van der Waals surface area contributed by atoms with Crippen molar-refractivity contribution in [1.29, 1.82) is 0 Å². The van der Waals surface area contributed by atoms with E-state index in [2.05, 4.69) is 21.3 Å². The number of furan rings is 1. The van der Waals surface area contributed by atoms with Gasteiger partial charge in [-0.05, 0) is 79.9 Å². The number of carbonyl (C=O) groups excluding carboxylic acids is 3. The summed E-state index contributed by atoms with van der Waals surface area (Å²) >= 11 is 0. The molecule has 4 N–H and O–H groups in total. The Balaban J connectivity index is 1.24. The first kappa shape index (κ1) is 24.4. The number of ether oxygens (including phenoxy) is 1. The van der Waals surface area contributed by atoms with Gasteiger partial charge in [-0.2, -0.15) is 0 Å². The molecule has 3 aliphatic heterocycles. The fourth-order valence-corrected chi connectivity index (χ4v) is 5.66. The van der Waals surface area contributed by atoms with Gasteiger partial charge in [-0.15, -0.1) is 0 Å². The zero-order valence-electron chi connectivity index (χ0n) is 21.3. The lowest BCUT2D eigenvalue weighted by molar-refractivity contribution is -0.125. The summed E-state index contributed by atoms with van der Waals surface area (Å²) in [5, 5.41) is 12.9. The summed E-state index contributed by atoms with van der Waals surface area (Å²) in [5.41, 5.74) is 1.53. The minimum Gasteiger partial charge on any atom is -0.497 e. The Bertz CT molecular complexity index is 1410. The van der Waals surface area contributed by atoms with Crippen LogP contribution in [0.1, 0.15) is 40.1 Å². The molecule has 1 aromatic heterocycles. The van der Waals surface area contributed by atoms with Gasteiger partial charge < -0.3 is 30.0 Å². The van der Waals surface area contributed by atoms with Crippen molar-refractivity contribution in [2.24, 2.45) is 5.92 Å². The number of benzene rings is 2. The van der Waals surface area contributed by atoms with Crippen LogP contribution in [0.4, 0.5) is 4.79 Å². The number of methoxy groups -OCH3 is 1. The summed E-state index contributed by atoms with van der Waals surface area (Å²) in [5.74, 6) is 0.776. The van der Waals surface area contributed by atoms with Gasteiger partial charge in [0.25, 0.3) is 11.8 Å². The highest BCUT2D eigenvalue weighted by molar-refractivity contribution is 6.08. The Labute approximate surface area is 220 Å².